The summed E-state index contributed by atoms with van der Waals surface area (Å²) >= 11 is 1.70. The molecule has 0 fully saturated rings. The van der Waals surface area contributed by atoms with Crippen LogP contribution in [0.4, 0.5) is 0 Å². The van der Waals surface area contributed by atoms with Gasteiger partial charge < -0.3 is 4.98 Å². The summed E-state index contributed by atoms with van der Waals surface area (Å²) in [5.74, 6) is 0. The molecule has 0 bridgehead atoms. The van der Waals surface area contributed by atoms with Gasteiger partial charge in [-0.15, -0.1) is 11.3 Å². The summed E-state index contributed by atoms with van der Waals surface area (Å²) in [4.78, 5) is 8.27. The number of fused-ring (bicyclic) bond motifs is 1. The van der Waals surface area contributed by atoms with Gasteiger partial charge in [0.2, 0.25) is 0 Å². The molecule has 0 aliphatic rings. The van der Waals surface area contributed by atoms with Crippen molar-refractivity contribution in [1.82, 2.24) is 9.97 Å². The summed E-state index contributed by atoms with van der Waals surface area (Å²) in [5, 5.41) is 4.44. The molecule has 2 nitrogen and oxygen atoms in total. The van der Waals surface area contributed by atoms with E-state index in [1.165, 1.54) is 22.2 Å². The van der Waals surface area contributed by atoms with E-state index >= 15 is 0 Å². The molecule has 3 heteroatoms. The Labute approximate surface area is 127 Å². The van der Waals surface area contributed by atoms with Crippen LogP contribution in [0, 0.1) is 6.92 Å². The van der Waals surface area contributed by atoms with Gasteiger partial charge in [0.05, 0.1) is 5.69 Å². The Morgan fingerprint density at radius 2 is 1.71 bits per heavy atom. The number of nitrogens with zero attached hydrogens (tertiary/aromatic N) is 1. The molecule has 1 N–H and O–H groups in total. The van der Waals surface area contributed by atoms with Gasteiger partial charge in [0.15, 0.2) is 0 Å². The summed E-state index contributed by atoms with van der Waals surface area (Å²) in [5.41, 5.74) is 5.77. The van der Waals surface area contributed by atoms with Crippen molar-refractivity contribution >= 4 is 22.2 Å². The summed E-state index contributed by atoms with van der Waals surface area (Å²) in [6, 6.07) is 18.7. The van der Waals surface area contributed by atoms with Crippen LogP contribution >= 0.6 is 11.3 Å². The van der Waals surface area contributed by atoms with E-state index in [4.69, 9.17) is 4.98 Å². The molecule has 4 aromatic rings. The fourth-order valence-corrected chi connectivity index (χ4v) is 3.63. The van der Waals surface area contributed by atoms with Crippen LogP contribution in [0.5, 0.6) is 0 Å². The first-order valence-corrected chi connectivity index (χ1v) is 7.79. The van der Waals surface area contributed by atoms with Crippen LogP contribution in [-0.2, 0) is 0 Å². The smallest absolute Gasteiger partial charge is 0.126 e. The third kappa shape index (κ3) is 2.06. The van der Waals surface area contributed by atoms with Gasteiger partial charge in [0.1, 0.15) is 5.01 Å². The van der Waals surface area contributed by atoms with Crippen molar-refractivity contribution in [2.24, 2.45) is 0 Å². The zero-order valence-electron chi connectivity index (χ0n) is 11.6. The lowest BCUT2D eigenvalue weighted by Gasteiger charge is -1.97. The number of aryl methyl sites for hydroxylation is 1. The summed E-state index contributed by atoms with van der Waals surface area (Å²) in [6.45, 7) is 2.11. The Balaban J connectivity index is 1.87. The second-order valence-corrected chi connectivity index (χ2v) is 5.93. The second kappa shape index (κ2) is 4.86. The summed E-state index contributed by atoms with van der Waals surface area (Å²) < 4.78 is 0. The van der Waals surface area contributed by atoms with Gasteiger partial charge in [-0.05, 0) is 13.0 Å². The average Bonchev–Trinajstić information content (AvgIpc) is 3.11. The maximum Gasteiger partial charge on any atom is 0.126 e. The molecule has 0 radical (unpaired) electrons. The van der Waals surface area contributed by atoms with Crippen LogP contribution in [0.25, 0.3) is 32.7 Å². The predicted octanol–water partition coefficient (Wildman–Crippen LogP) is 5.27. The number of hydrogen-bond acceptors (Lipinski definition) is 2. The van der Waals surface area contributed by atoms with Crippen LogP contribution < -0.4 is 0 Å². The van der Waals surface area contributed by atoms with Gasteiger partial charge in [0.25, 0.3) is 0 Å². The monoisotopic (exact) mass is 290 g/mol. The number of aromatic nitrogens is 2. The van der Waals surface area contributed by atoms with Crippen LogP contribution in [0.1, 0.15) is 5.69 Å². The Morgan fingerprint density at radius 1 is 0.952 bits per heavy atom. The number of para-hydroxylation sites is 1. The number of aromatic amines is 1. The molecular weight excluding hydrogens is 276 g/mol. The lowest BCUT2D eigenvalue weighted by atomic mass is 10.1. The van der Waals surface area contributed by atoms with Crippen LogP contribution in [0.2, 0.25) is 0 Å². The zero-order valence-corrected chi connectivity index (χ0v) is 12.4. The first-order chi connectivity index (χ1) is 10.3. The number of benzene rings is 2. The Bertz CT molecular complexity index is 903. The van der Waals surface area contributed by atoms with Gasteiger partial charge in [-0.25, -0.2) is 4.98 Å². The molecule has 0 aliphatic heterocycles. The van der Waals surface area contributed by atoms with Gasteiger partial charge >= 0.3 is 0 Å². The number of thiazole rings is 1. The molecule has 4 rings (SSSR count). The molecule has 2 aromatic heterocycles. The SMILES string of the molecule is Cc1[nH]c2ccccc2c1-c1nc(-c2ccccc2)cs1. The highest BCUT2D eigenvalue weighted by Crippen LogP contribution is 2.35. The van der Waals surface area contributed by atoms with Crippen LogP contribution in [0.3, 0.4) is 0 Å². The van der Waals surface area contributed by atoms with Crippen molar-refractivity contribution in [2.75, 3.05) is 0 Å². The van der Waals surface area contributed by atoms with Gasteiger partial charge in [-0.3, -0.25) is 0 Å². The fourth-order valence-electron chi connectivity index (χ4n) is 2.68. The molecule has 0 saturated carbocycles. The lowest BCUT2D eigenvalue weighted by Crippen LogP contribution is -1.80. The van der Waals surface area contributed by atoms with Crippen molar-refractivity contribution < 1.29 is 0 Å². The van der Waals surface area contributed by atoms with Crippen molar-refractivity contribution in [1.29, 1.82) is 0 Å². The van der Waals surface area contributed by atoms with E-state index in [0.717, 1.165) is 16.3 Å². The van der Waals surface area contributed by atoms with Crippen molar-refractivity contribution in [3.63, 3.8) is 0 Å². The minimum Gasteiger partial charge on any atom is -0.358 e. The molecular formula is C18H14N2S. The van der Waals surface area contributed by atoms with E-state index < -0.39 is 0 Å². The van der Waals surface area contributed by atoms with E-state index in [-0.39, 0.29) is 0 Å². The third-order valence-electron chi connectivity index (χ3n) is 3.68. The lowest BCUT2D eigenvalue weighted by molar-refractivity contribution is 1.29. The largest absolute Gasteiger partial charge is 0.358 e. The Hall–Kier alpha value is -2.39. The van der Waals surface area contributed by atoms with E-state index in [0.29, 0.717) is 0 Å². The molecule has 2 aromatic carbocycles. The molecule has 0 saturated heterocycles. The van der Waals surface area contributed by atoms with Gasteiger partial charge in [0, 0.05) is 33.1 Å². The molecule has 0 spiro atoms. The highest BCUT2D eigenvalue weighted by Gasteiger charge is 2.14. The maximum atomic E-state index is 4.83. The van der Waals surface area contributed by atoms with E-state index in [9.17, 15) is 0 Å². The van der Waals surface area contributed by atoms with Crippen molar-refractivity contribution in [3.05, 3.63) is 65.7 Å². The number of rotatable bonds is 2. The number of hydrogen-bond donors (Lipinski definition) is 1. The Kier molecular flexibility index (Phi) is 2.86. The highest BCUT2D eigenvalue weighted by molar-refractivity contribution is 7.13. The minimum absolute atomic E-state index is 1.04. The molecule has 21 heavy (non-hydrogen) atoms. The normalized spacial score (nSPS) is 11.1. The molecule has 0 unspecified atom stereocenters. The number of nitrogens with one attached hydrogen (secondary N) is 1. The van der Waals surface area contributed by atoms with Crippen molar-refractivity contribution in [2.45, 2.75) is 6.92 Å². The van der Waals surface area contributed by atoms with Gasteiger partial charge in [-0.1, -0.05) is 48.5 Å². The predicted molar refractivity (Wildman–Crippen MR) is 89.6 cm³/mol. The molecule has 102 valence electrons. The fraction of sp³-hybridized carbons (Fsp3) is 0.0556. The topological polar surface area (TPSA) is 28.7 Å². The van der Waals surface area contributed by atoms with Gasteiger partial charge in [-0.2, -0.15) is 0 Å². The zero-order chi connectivity index (χ0) is 14.2. The molecule has 0 amide bonds. The maximum absolute atomic E-state index is 4.83. The average molecular weight is 290 g/mol. The Morgan fingerprint density at radius 3 is 2.57 bits per heavy atom. The van der Waals surface area contributed by atoms with E-state index in [1.54, 1.807) is 11.3 Å². The molecule has 2 heterocycles. The first-order valence-electron chi connectivity index (χ1n) is 6.91. The van der Waals surface area contributed by atoms with E-state index in [1.807, 2.05) is 18.2 Å². The summed E-state index contributed by atoms with van der Waals surface area (Å²) in [6.07, 6.45) is 0. The highest BCUT2D eigenvalue weighted by atomic mass is 32.1. The standard InChI is InChI=1S/C18H14N2S/c1-12-17(14-9-5-6-10-15(14)19-12)18-20-16(11-21-18)13-7-3-2-4-8-13/h2-11,19H,1H3. The minimum atomic E-state index is 1.04. The van der Waals surface area contributed by atoms with Crippen LogP contribution in [0.15, 0.2) is 60.0 Å². The van der Waals surface area contributed by atoms with E-state index in [2.05, 4.69) is 53.7 Å². The molecule has 0 atom stereocenters. The second-order valence-electron chi connectivity index (χ2n) is 5.07. The van der Waals surface area contributed by atoms with Crippen LogP contribution in [-0.4, -0.2) is 9.97 Å². The number of H-pyrrole nitrogens is 1. The summed E-state index contributed by atoms with van der Waals surface area (Å²) in [7, 11) is 0. The van der Waals surface area contributed by atoms with Crippen molar-refractivity contribution in [3.8, 4) is 21.8 Å². The first kappa shape index (κ1) is 12.4. The third-order valence-corrected chi connectivity index (χ3v) is 4.54. The quantitative estimate of drug-likeness (QED) is 0.535. The molecule has 0 aliphatic carbocycles.